The van der Waals surface area contributed by atoms with Gasteiger partial charge in [0.15, 0.2) is 0 Å². The summed E-state index contributed by atoms with van der Waals surface area (Å²) in [5.41, 5.74) is 1.61. The Bertz CT molecular complexity index is 386. The highest BCUT2D eigenvalue weighted by atomic mass is 32.2. The Morgan fingerprint density at radius 1 is 1.28 bits per heavy atom. The van der Waals surface area contributed by atoms with E-state index in [9.17, 15) is 0 Å². The molecule has 0 spiro atoms. The van der Waals surface area contributed by atoms with Crippen molar-refractivity contribution in [2.24, 2.45) is 0 Å². The Morgan fingerprint density at radius 3 is 2.83 bits per heavy atom. The van der Waals surface area contributed by atoms with Crippen LogP contribution in [-0.4, -0.2) is 23.0 Å². The Hall–Kier alpha value is -0.0600. The lowest BCUT2D eigenvalue weighted by Crippen LogP contribution is -2.45. The first-order valence-electron chi connectivity index (χ1n) is 7.16. The Labute approximate surface area is 118 Å². The largest absolute Gasteiger partial charge is 0.305 e. The molecule has 3 rings (SSSR count). The molecule has 1 aromatic heterocycles. The molecule has 0 aromatic carbocycles. The first kappa shape index (κ1) is 12.9. The van der Waals surface area contributed by atoms with E-state index < -0.39 is 0 Å². The number of nitrogens with one attached hydrogen (secondary N) is 1. The predicted octanol–water partition coefficient (Wildman–Crippen LogP) is 3.35. The zero-order valence-corrected chi connectivity index (χ0v) is 12.8. The lowest BCUT2D eigenvalue weighted by molar-refractivity contribution is 0.306. The highest BCUT2D eigenvalue weighted by molar-refractivity contribution is 7.99. The fourth-order valence-electron chi connectivity index (χ4n) is 2.95. The molecule has 1 fully saturated rings. The number of nitrogens with zero attached hydrogens (tertiary/aromatic N) is 1. The molecular weight excluding hydrogens is 260 g/mol. The van der Waals surface area contributed by atoms with Crippen molar-refractivity contribution in [3.8, 4) is 0 Å². The topological polar surface area (TPSA) is 24.9 Å². The van der Waals surface area contributed by atoms with Crippen LogP contribution in [0, 0.1) is 0 Å². The van der Waals surface area contributed by atoms with Crippen molar-refractivity contribution in [2.75, 3.05) is 18.1 Å². The average Bonchev–Trinajstić information content (AvgIpc) is 2.98. The highest BCUT2D eigenvalue weighted by Crippen LogP contribution is 2.40. The normalized spacial score (nSPS) is 22.1. The van der Waals surface area contributed by atoms with Crippen LogP contribution in [0.25, 0.3) is 0 Å². The van der Waals surface area contributed by atoms with E-state index in [4.69, 9.17) is 4.98 Å². The van der Waals surface area contributed by atoms with Crippen molar-refractivity contribution in [2.45, 2.75) is 51.0 Å². The molecule has 0 atom stereocenters. The van der Waals surface area contributed by atoms with Gasteiger partial charge in [-0.25, -0.2) is 4.98 Å². The molecule has 0 unspecified atom stereocenters. The minimum absolute atomic E-state index is 0.205. The van der Waals surface area contributed by atoms with Gasteiger partial charge >= 0.3 is 0 Å². The molecule has 100 valence electrons. The third kappa shape index (κ3) is 2.35. The molecule has 2 aliphatic rings. The maximum atomic E-state index is 4.99. The molecule has 1 aliphatic carbocycles. The zero-order valence-electron chi connectivity index (χ0n) is 11.1. The Balaban J connectivity index is 1.86. The first-order chi connectivity index (χ1) is 8.84. The van der Waals surface area contributed by atoms with E-state index >= 15 is 0 Å². The fraction of sp³-hybridized carbons (Fsp3) is 0.786. The van der Waals surface area contributed by atoms with Crippen molar-refractivity contribution < 1.29 is 0 Å². The Morgan fingerprint density at radius 2 is 2.11 bits per heavy atom. The van der Waals surface area contributed by atoms with Crippen LogP contribution in [-0.2, 0) is 18.4 Å². The molecule has 1 aromatic rings. The van der Waals surface area contributed by atoms with Crippen LogP contribution in [0.3, 0.4) is 0 Å². The van der Waals surface area contributed by atoms with Crippen molar-refractivity contribution in [3.63, 3.8) is 0 Å². The number of aromatic nitrogens is 1. The molecule has 4 heteroatoms. The Kier molecular flexibility index (Phi) is 3.97. The van der Waals surface area contributed by atoms with Crippen LogP contribution in [0.4, 0.5) is 0 Å². The quantitative estimate of drug-likeness (QED) is 0.916. The minimum Gasteiger partial charge on any atom is -0.305 e. The van der Waals surface area contributed by atoms with E-state index in [2.05, 4.69) is 24.0 Å². The zero-order chi connectivity index (χ0) is 12.4. The van der Waals surface area contributed by atoms with Crippen LogP contribution in [0.2, 0.25) is 0 Å². The summed E-state index contributed by atoms with van der Waals surface area (Å²) in [5.74, 6) is 2.56. The van der Waals surface area contributed by atoms with Gasteiger partial charge in [-0.2, -0.15) is 11.8 Å². The summed E-state index contributed by atoms with van der Waals surface area (Å²) in [5, 5.41) is 5.21. The summed E-state index contributed by atoms with van der Waals surface area (Å²) in [4.78, 5) is 6.56. The van der Waals surface area contributed by atoms with Gasteiger partial charge in [-0.1, -0.05) is 6.92 Å². The number of fused-ring (bicyclic) bond motifs is 1. The van der Waals surface area contributed by atoms with Gasteiger partial charge in [0.05, 0.1) is 11.2 Å². The van der Waals surface area contributed by atoms with Gasteiger partial charge < -0.3 is 5.32 Å². The number of thiazole rings is 1. The molecule has 1 saturated heterocycles. The maximum absolute atomic E-state index is 4.99. The second-order valence-electron chi connectivity index (χ2n) is 5.36. The second-order valence-corrected chi connectivity index (χ2v) is 7.67. The molecule has 0 saturated carbocycles. The summed E-state index contributed by atoms with van der Waals surface area (Å²) < 4.78 is 0. The molecule has 0 amide bonds. The summed E-state index contributed by atoms with van der Waals surface area (Å²) in [6, 6.07) is 0. The third-order valence-electron chi connectivity index (χ3n) is 4.06. The average molecular weight is 282 g/mol. The van der Waals surface area contributed by atoms with Crippen molar-refractivity contribution in [1.82, 2.24) is 10.3 Å². The summed E-state index contributed by atoms with van der Waals surface area (Å²) in [6.07, 6.45) is 7.52. The maximum Gasteiger partial charge on any atom is 0.113 e. The van der Waals surface area contributed by atoms with E-state index in [1.165, 1.54) is 60.7 Å². The van der Waals surface area contributed by atoms with Gasteiger partial charge in [0.2, 0.25) is 0 Å². The molecule has 0 radical (unpaired) electrons. The summed E-state index contributed by atoms with van der Waals surface area (Å²) in [6.45, 7) is 3.37. The van der Waals surface area contributed by atoms with Crippen molar-refractivity contribution in [3.05, 3.63) is 15.6 Å². The van der Waals surface area contributed by atoms with Crippen LogP contribution >= 0.6 is 23.1 Å². The van der Waals surface area contributed by atoms with Crippen molar-refractivity contribution in [1.29, 1.82) is 0 Å². The van der Waals surface area contributed by atoms with E-state index in [1.54, 1.807) is 4.88 Å². The van der Waals surface area contributed by atoms with Crippen LogP contribution in [0.5, 0.6) is 0 Å². The number of hydrogen-bond acceptors (Lipinski definition) is 4. The van der Waals surface area contributed by atoms with E-state index in [-0.39, 0.29) is 5.54 Å². The fourth-order valence-corrected chi connectivity index (χ4v) is 5.51. The van der Waals surface area contributed by atoms with Crippen LogP contribution < -0.4 is 5.32 Å². The standard InChI is InChI=1S/C14H22N2S2/c1-2-8-15-14(6-9-17-10-7-14)13-16-11-4-3-5-12(11)18-13/h15H,2-10H2,1H3. The number of thioether (sulfide) groups is 1. The minimum atomic E-state index is 0.205. The smallest absolute Gasteiger partial charge is 0.113 e. The number of hydrogen-bond donors (Lipinski definition) is 1. The van der Waals surface area contributed by atoms with Crippen LogP contribution in [0.15, 0.2) is 0 Å². The van der Waals surface area contributed by atoms with Crippen LogP contribution in [0.1, 0.15) is 48.2 Å². The van der Waals surface area contributed by atoms with Gasteiger partial charge in [0.1, 0.15) is 5.01 Å². The van der Waals surface area contributed by atoms with Gasteiger partial charge in [-0.05, 0) is 56.6 Å². The van der Waals surface area contributed by atoms with Crippen molar-refractivity contribution >= 4 is 23.1 Å². The third-order valence-corrected chi connectivity index (χ3v) is 6.41. The SMILES string of the molecule is CCCNC1(c2nc3c(s2)CCC3)CCSCC1. The van der Waals surface area contributed by atoms with Gasteiger partial charge in [-0.3, -0.25) is 0 Å². The van der Waals surface area contributed by atoms with E-state index in [0.717, 1.165) is 6.54 Å². The molecule has 2 nitrogen and oxygen atoms in total. The monoisotopic (exact) mass is 282 g/mol. The molecule has 1 aliphatic heterocycles. The summed E-state index contributed by atoms with van der Waals surface area (Å²) >= 11 is 4.09. The molecular formula is C14H22N2S2. The predicted molar refractivity (Wildman–Crippen MR) is 80.7 cm³/mol. The molecule has 2 heterocycles. The summed E-state index contributed by atoms with van der Waals surface area (Å²) in [7, 11) is 0. The molecule has 0 bridgehead atoms. The first-order valence-corrected chi connectivity index (χ1v) is 9.13. The van der Waals surface area contributed by atoms with E-state index in [0.29, 0.717) is 0 Å². The highest BCUT2D eigenvalue weighted by Gasteiger charge is 2.37. The molecule has 18 heavy (non-hydrogen) atoms. The van der Waals surface area contributed by atoms with Gasteiger partial charge in [0, 0.05) is 4.88 Å². The number of rotatable bonds is 4. The lowest BCUT2D eigenvalue weighted by atomic mass is 9.92. The van der Waals surface area contributed by atoms with E-state index in [1.807, 2.05) is 11.3 Å². The molecule has 1 N–H and O–H groups in total. The number of aryl methyl sites for hydroxylation is 2. The van der Waals surface area contributed by atoms with Gasteiger partial charge in [-0.15, -0.1) is 11.3 Å². The second kappa shape index (κ2) is 5.51. The van der Waals surface area contributed by atoms with Gasteiger partial charge in [0.25, 0.3) is 0 Å². The lowest BCUT2D eigenvalue weighted by Gasteiger charge is -2.36.